The van der Waals surface area contributed by atoms with Crippen molar-refractivity contribution in [3.8, 4) is 5.75 Å². The molecule has 1 atom stereocenters. The lowest BCUT2D eigenvalue weighted by Crippen LogP contribution is -2.54. The molecule has 0 aliphatic carbocycles. The van der Waals surface area contributed by atoms with Gasteiger partial charge in [0.25, 0.3) is 5.91 Å². The molecular formula is C24H23F5N4O5. The van der Waals surface area contributed by atoms with Crippen LogP contribution in [0.25, 0.3) is 5.65 Å². The molecule has 14 heteroatoms. The number of rotatable bonds is 9. The summed E-state index contributed by atoms with van der Waals surface area (Å²) in [6.45, 7) is 2.54. The first-order valence-corrected chi connectivity index (χ1v) is 11.3. The first kappa shape index (κ1) is 28.3. The van der Waals surface area contributed by atoms with Crippen LogP contribution in [0.1, 0.15) is 42.7 Å². The van der Waals surface area contributed by atoms with Crippen LogP contribution in [0.5, 0.6) is 5.75 Å². The molecule has 0 aliphatic rings. The van der Waals surface area contributed by atoms with E-state index in [1.165, 1.54) is 41.9 Å². The van der Waals surface area contributed by atoms with Gasteiger partial charge >= 0.3 is 18.2 Å². The van der Waals surface area contributed by atoms with Gasteiger partial charge in [0.05, 0.1) is 17.3 Å². The van der Waals surface area contributed by atoms with Gasteiger partial charge in [0, 0.05) is 12.7 Å². The molecule has 204 valence electrons. The van der Waals surface area contributed by atoms with Crippen molar-refractivity contribution in [1.82, 2.24) is 20.0 Å². The third kappa shape index (κ3) is 6.75. The van der Waals surface area contributed by atoms with Crippen molar-refractivity contribution in [2.45, 2.75) is 45.0 Å². The Bertz CT molecular complexity index is 1320. The van der Waals surface area contributed by atoms with Crippen molar-refractivity contribution in [3.63, 3.8) is 0 Å². The van der Waals surface area contributed by atoms with Crippen molar-refractivity contribution >= 4 is 23.6 Å². The first-order chi connectivity index (χ1) is 17.8. The zero-order chi connectivity index (χ0) is 28.1. The van der Waals surface area contributed by atoms with Crippen LogP contribution in [0.4, 0.5) is 26.7 Å². The van der Waals surface area contributed by atoms with Gasteiger partial charge in [-0.2, -0.15) is 13.2 Å². The fourth-order valence-electron chi connectivity index (χ4n) is 3.61. The monoisotopic (exact) mass is 542 g/mol. The number of hydrogen-bond acceptors (Lipinski definition) is 6. The summed E-state index contributed by atoms with van der Waals surface area (Å²) in [5.41, 5.74) is -1.32. The van der Waals surface area contributed by atoms with Crippen molar-refractivity contribution in [2.24, 2.45) is 0 Å². The molecule has 2 N–H and O–H groups in total. The lowest BCUT2D eigenvalue weighted by Gasteiger charge is -2.30. The van der Waals surface area contributed by atoms with E-state index in [2.05, 4.69) is 20.4 Å². The molecule has 0 saturated heterocycles. The molecule has 2 amide bonds. The first-order valence-electron chi connectivity index (χ1n) is 11.3. The van der Waals surface area contributed by atoms with Crippen LogP contribution in [0.3, 0.4) is 0 Å². The number of esters is 1. The Labute approximate surface area is 212 Å². The van der Waals surface area contributed by atoms with Gasteiger partial charge in [-0.05, 0) is 37.6 Å². The Morgan fingerprint density at radius 2 is 1.76 bits per heavy atom. The number of alkyl carbamates (subject to hydrolysis) is 1. The third-order valence-corrected chi connectivity index (χ3v) is 5.43. The van der Waals surface area contributed by atoms with Gasteiger partial charge < -0.3 is 20.1 Å². The van der Waals surface area contributed by atoms with Crippen LogP contribution in [0.2, 0.25) is 0 Å². The van der Waals surface area contributed by atoms with E-state index in [0.29, 0.717) is 6.42 Å². The Hall–Kier alpha value is -4.23. The largest absolute Gasteiger partial charge is 0.491 e. The maximum absolute atomic E-state index is 13.9. The maximum atomic E-state index is 13.9. The number of pyridine rings is 1. The van der Waals surface area contributed by atoms with E-state index in [4.69, 9.17) is 4.74 Å². The number of nitrogens with zero attached hydrogens (tertiary/aromatic N) is 2. The second kappa shape index (κ2) is 11.4. The van der Waals surface area contributed by atoms with Gasteiger partial charge in [-0.1, -0.05) is 19.4 Å². The summed E-state index contributed by atoms with van der Waals surface area (Å²) in [6.07, 6.45) is -3.54. The molecule has 0 fully saturated rings. The highest BCUT2D eigenvalue weighted by Gasteiger charge is 2.43. The van der Waals surface area contributed by atoms with Crippen LogP contribution < -0.4 is 15.4 Å². The van der Waals surface area contributed by atoms with Crippen LogP contribution in [-0.4, -0.2) is 45.6 Å². The molecule has 2 aromatic heterocycles. The molecule has 0 spiro atoms. The number of imidazole rings is 1. The van der Waals surface area contributed by atoms with Crippen LogP contribution >= 0.6 is 0 Å². The lowest BCUT2D eigenvalue weighted by atomic mass is 9.96. The van der Waals surface area contributed by atoms with Crippen LogP contribution in [0.15, 0.2) is 42.7 Å². The number of ether oxygens (including phenoxy) is 2. The summed E-state index contributed by atoms with van der Waals surface area (Å²) in [4.78, 5) is 39.8. The van der Waals surface area contributed by atoms with Gasteiger partial charge in [-0.3, -0.25) is 9.20 Å². The van der Waals surface area contributed by atoms with E-state index in [-0.39, 0.29) is 35.6 Å². The Balaban J connectivity index is 1.71. The number of carbonyl (C=O) groups is 3. The standard InChI is InChI=1S/C24H23F5N4O5/c1-3-9-23(2,32-22(36)38-21(35)24(27,28)29)13-31-20(34)17-11-30-19-18(8-5-10-33(17)19)37-12-14-15(25)6-4-7-16(14)26/h4-8,10-11H,3,9,12-13H2,1-2H3,(H,31,34)(H,32,36). The van der Waals surface area contributed by atoms with E-state index in [9.17, 15) is 36.3 Å². The number of alkyl halides is 3. The lowest BCUT2D eigenvalue weighted by molar-refractivity contribution is -0.193. The molecule has 3 aromatic rings. The van der Waals surface area contributed by atoms with Gasteiger partial charge in [-0.15, -0.1) is 0 Å². The average Bonchev–Trinajstić information content (AvgIpc) is 3.27. The van der Waals surface area contributed by atoms with Crippen molar-refractivity contribution in [3.05, 3.63) is 65.6 Å². The summed E-state index contributed by atoms with van der Waals surface area (Å²) < 4.78 is 75.6. The molecule has 3 rings (SSSR count). The summed E-state index contributed by atoms with van der Waals surface area (Å²) in [6, 6.07) is 6.43. The normalized spacial score (nSPS) is 13.0. The third-order valence-electron chi connectivity index (χ3n) is 5.43. The van der Waals surface area contributed by atoms with E-state index < -0.39 is 47.9 Å². The number of benzene rings is 1. The van der Waals surface area contributed by atoms with Crippen molar-refractivity contribution in [2.75, 3.05) is 6.54 Å². The summed E-state index contributed by atoms with van der Waals surface area (Å²) in [5, 5.41) is 4.75. The Kier molecular flexibility index (Phi) is 8.53. The van der Waals surface area contributed by atoms with Crippen LogP contribution in [0, 0.1) is 11.6 Å². The molecular weight excluding hydrogens is 519 g/mol. The molecule has 2 heterocycles. The number of carbonyl (C=O) groups excluding carboxylic acids is 3. The maximum Gasteiger partial charge on any atom is 0.491 e. The molecule has 1 unspecified atom stereocenters. The number of amides is 2. The highest BCUT2D eigenvalue weighted by atomic mass is 19.4. The predicted molar refractivity (Wildman–Crippen MR) is 122 cm³/mol. The minimum Gasteiger partial charge on any atom is -0.485 e. The number of fused-ring (bicyclic) bond motifs is 1. The van der Waals surface area contributed by atoms with Crippen molar-refractivity contribution in [1.29, 1.82) is 0 Å². The predicted octanol–water partition coefficient (Wildman–Crippen LogP) is 4.30. The number of nitrogens with one attached hydrogen (secondary N) is 2. The van der Waals surface area contributed by atoms with Crippen LogP contribution in [-0.2, 0) is 16.1 Å². The van der Waals surface area contributed by atoms with E-state index in [0.717, 1.165) is 12.1 Å². The molecule has 38 heavy (non-hydrogen) atoms. The summed E-state index contributed by atoms with van der Waals surface area (Å²) in [7, 11) is 0. The fourth-order valence-corrected chi connectivity index (χ4v) is 3.61. The molecule has 0 aliphatic heterocycles. The van der Waals surface area contributed by atoms with E-state index in [1.54, 1.807) is 6.92 Å². The highest BCUT2D eigenvalue weighted by Crippen LogP contribution is 2.23. The minimum absolute atomic E-state index is 0.0381. The Morgan fingerprint density at radius 1 is 1.08 bits per heavy atom. The van der Waals surface area contributed by atoms with Gasteiger partial charge in [0.15, 0.2) is 11.4 Å². The Morgan fingerprint density at radius 3 is 2.39 bits per heavy atom. The highest BCUT2D eigenvalue weighted by molar-refractivity contribution is 5.93. The zero-order valence-electron chi connectivity index (χ0n) is 20.2. The molecule has 0 radical (unpaired) electrons. The smallest absolute Gasteiger partial charge is 0.485 e. The quantitative estimate of drug-likeness (QED) is 0.237. The second-order valence-corrected chi connectivity index (χ2v) is 8.49. The second-order valence-electron chi connectivity index (χ2n) is 8.49. The van der Waals surface area contributed by atoms with E-state index >= 15 is 0 Å². The van der Waals surface area contributed by atoms with Crippen molar-refractivity contribution < 1.29 is 45.8 Å². The van der Waals surface area contributed by atoms with Gasteiger partial charge in [0.1, 0.15) is 23.9 Å². The molecule has 9 nitrogen and oxygen atoms in total. The fraction of sp³-hybridized carbons (Fsp3) is 0.333. The number of halogens is 5. The van der Waals surface area contributed by atoms with Gasteiger partial charge in [-0.25, -0.2) is 23.4 Å². The summed E-state index contributed by atoms with van der Waals surface area (Å²) in [5.74, 6) is -4.74. The molecule has 1 aromatic carbocycles. The molecule has 0 saturated carbocycles. The molecule has 0 bridgehead atoms. The van der Waals surface area contributed by atoms with E-state index in [1.807, 2.05) is 0 Å². The summed E-state index contributed by atoms with van der Waals surface area (Å²) >= 11 is 0. The average molecular weight is 542 g/mol. The zero-order valence-corrected chi connectivity index (χ0v) is 20.2. The minimum atomic E-state index is -5.35. The topological polar surface area (TPSA) is 111 Å². The number of hydrogen-bond donors (Lipinski definition) is 2. The number of aromatic nitrogens is 2. The SMILES string of the molecule is CCCC(C)(CNC(=O)c1cnc2c(OCc3c(F)cccc3F)cccn12)NC(=O)OC(=O)C(F)(F)F. The van der Waals surface area contributed by atoms with Gasteiger partial charge in [0.2, 0.25) is 0 Å².